The number of nitrogen functional groups attached to an aromatic ring is 1. The molecule has 0 radical (unpaired) electrons. The van der Waals surface area contributed by atoms with Crippen LogP contribution in [0.5, 0.6) is 0 Å². The SMILES string of the molecule is Cc1cccc(C(=O)N(C)[C@@H](C)CC[C@H](C)c2nc3c4cc(F)cc(F)c4nc(N)n3n2)n1. The van der Waals surface area contributed by atoms with E-state index in [2.05, 4.69) is 20.1 Å². The van der Waals surface area contributed by atoms with Gasteiger partial charge in [-0.25, -0.2) is 23.7 Å². The topological polar surface area (TPSA) is 102 Å². The molecule has 0 aliphatic heterocycles. The van der Waals surface area contributed by atoms with Gasteiger partial charge >= 0.3 is 0 Å². The summed E-state index contributed by atoms with van der Waals surface area (Å²) in [7, 11) is 1.76. The van der Waals surface area contributed by atoms with Gasteiger partial charge in [0.25, 0.3) is 5.91 Å². The Hall–Kier alpha value is -3.69. The van der Waals surface area contributed by atoms with Gasteiger partial charge < -0.3 is 10.6 Å². The molecule has 0 saturated carbocycles. The first-order valence-electron chi connectivity index (χ1n) is 10.7. The van der Waals surface area contributed by atoms with Gasteiger partial charge in [0.05, 0.1) is 5.39 Å². The predicted octanol–water partition coefficient (Wildman–Crippen LogP) is 3.89. The van der Waals surface area contributed by atoms with E-state index in [0.717, 1.165) is 11.8 Å². The summed E-state index contributed by atoms with van der Waals surface area (Å²) in [5.41, 5.74) is 7.34. The van der Waals surface area contributed by atoms with Crippen LogP contribution in [0.25, 0.3) is 16.6 Å². The maximum Gasteiger partial charge on any atom is 0.272 e. The van der Waals surface area contributed by atoms with E-state index in [0.29, 0.717) is 24.4 Å². The number of amides is 1. The van der Waals surface area contributed by atoms with Gasteiger partial charge in [-0.05, 0) is 44.9 Å². The van der Waals surface area contributed by atoms with Crippen LogP contribution in [-0.4, -0.2) is 48.5 Å². The fourth-order valence-corrected chi connectivity index (χ4v) is 3.74. The predicted molar refractivity (Wildman–Crippen MR) is 121 cm³/mol. The smallest absolute Gasteiger partial charge is 0.272 e. The van der Waals surface area contributed by atoms with Crippen LogP contribution in [0.2, 0.25) is 0 Å². The summed E-state index contributed by atoms with van der Waals surface area (Å²) < 4.78 is 29.3. The van der Waals surface area contributed by atoms with Crippen molar-refractivity contribution >= 4 is 28.4 Å². The molecule has 33 heavy (non-hydrogen) atoms. The number of anilines is 1. The van der Waals surface area contributed by atoms with Crippen LogP contribution in [0.3, 0.4) is 0 Å². The highest BCUT2D eigenvalue weighted by molar-refractivity contribution is 5.93. The van der Waals surface area contributed by atoms with Gasteiger partial charge in [0.2, 0.25) is 5.95 Å². The number of pyridine rings is 1. The number of fused-ring (bicyclic) bond motifs is 3. The molecule has 0 spiro atoms. The number of nitrogens with two attached hydrogens (primary N) is 1. The number of aryl methyl sites for hydroxylation is 1. The number of aromatic nitrogens is 5. The molecule has 0 aliphatic rings. The summed E-state index contributed by atoms with van der Waals surface area (Å²) in [5, 5.41) is 4.63. The fourth-order valence-electron chi connectivity index (χ4n) is 3.74. The number of carbonyl (C=O) groups excluding carboxylic acids is 1. The van der Waals surface area contributed by atoms with E-state index >= 15 is 0 Å². The number of benzene rings is 1. The van der Waals surface area contributed by atoms with Crippen molar-refractivity contribution in [1.29, 1.82) is 0 Å². The summed E-state index contributed by atoms with van der Waals surface area (Å²) >= 11 is 0. The average molecular weight is 453 g/mol. The van der Waals surface area contributed by atoms with Crippen molar-refractivity contribution in [1.82, 2.24) is 29.5 Å². The Bertz CT molecular complexity index is 1350. The zero-order chi connectivity index (χ0) is 23.9. The van der Waals surface area contributed by atoms with E-state index in [1.165, 1.54) is 10.6 Å². The number of hydrogen-bond acceptors (Lipinski definition) is 6. The van der Waals surface area contributed by atoms with E-state index < -0.39 is 11.6 Å². The second kappa shape index (κ2) is 8.68. The zero-order valence-corrected chi connectivity index (χ0v) is 18.9. The Morgan fingerprint density at radius 2 is 1.91 bits per heavy atom. The minimum atomic E-state index is -0.804. The van der Waals surface area contributed by atoms with Crippen LogP contribution >= 0.6 is 0 Å². The van der Waals surface area contributed by atoms with Gasteiger partial charge in [0.1, 0.15) is 17.0 Å². The van der Waals surface area contributed by atoms with Crippen molar-refractivity contribution in [3.8, 4) is 0 Å². The Morgan fingerprint density at radius 1 is 1.15 bits per heavy atom. The van der Waals surface area contributed by atoms with Gasteiger partial charge in [0.15, 0.2) is 17.3 Å². The molecule has 0 saturated heterocycles. The van der Waals surface area contributed by atoms with Gasteiger partial charge in [-0.15, -0.1) is 5.10 Å². The molecule has 3 heterocycles. The summed E-state index contributed by atoms with van der Waals surface area (Å²) in [6.45, 7) is 5.77. The highest BCUT2D eigenvalue weighted by atomic mass is 19.1. The minimum Gasteiger partial charge on any atom is -0.368 e. The van der Waals surface area contributed by atoms with Crippen LogP contribution in [0.4, 0.5) is 14.7 Å². The Labute approximate surface area is 189 Å². The lowest BCUT2D eigenvalue weighted by molar-refractivity contribution is 0.0728. The van der Waals surface area contributed by atoms with Crippen molar-refractivity contribution in [2.24, 2.45) is 0 Å². The third-order valence-electron chi connectivity index (χ3n) is 5.88. The standard InChI is InChI=1S/C23H25F2N7O/c1-12(8-9-14(3)31(4)22(33)18-7-5-6-13(2)27-18)20-29-21-16-10-15(24)11-17(25)19(16)28-23(26)32(21)30-20/h5-7,10-12,14H,8-9H2,1-4H3,(H2,26,28)/t12-,14-/m0/s1. The first-order chi connectivity index (χ1) is 15.7. The van der Waals surface area contributed by atoms with Crippen molar-refractivity contribution in [2.75, 3.05) is 12.8 Å². The largest absolute Gasteiger partial charge is 0.368 e. The summed E-state index contributed by atoms with van der Waals surface area (Å²) in [6.07, 6.45) is 1.38. The number of halogens is 2. The van der Waals surface area contributed by atoms with Crippen LogP contribution in [-0.2, 0) is 0 Å². The molecule has 8 nitrogen and oxygen atoms in total. The molecule has 1 aromatic carbocycles. The molecule has 2 N–H and O–H groups in total. The molecule has 0 bridgehead atoms. The van der Waals surface area contributed by atoms with E-state index in [4.69, 9.17) is 5.73 Å². The van der Waals surface area contributed by atoms with Crippen molar-refractivity contribution in [3.05, 3.63) is 59.2 Å². The van der Waals surface area contributed by atoms with E-state index in [9.17, 15) is 13.6 Å². The van der Waals surface area contributed by atoms with Crippen molar-refractivity contribution in [3.63, 3.8) is 0 Å². The molecule has 1 amide bonds. The molecule has 2 atom stereocenters. The average Bonchev–Trinajstić information content (AvgIpc) is 3.24. The summed E-state index contributed by atoms with van der Waals surface area (Å²) in [6, 6.07) is 7.25. The second-order valence-corrected chi connectivity index (χ2v) is 8.37. The number of rotatable bonds is 6. The normalized spacial score (nSPS) is 13.4. The number of carbonyl (C=O) groups is 1. The monoisotopic (exact) mass is 453 g/mol. The fraction of sp³-hybridized carbons (Fsp3) is 0.348. The van der Waals surface area contributed by atoms with E-state index in [-0.39, 0.29) is 40.4 Å². The number of hydrogen-bond donors (Lipinski definition) is 1. The van der Waals surface area contributed by atoms with Crippen molar-refractivity contribution < 1.29 is 13.6 Å². The molecule has 0 aliphatic carbocycles. The molecule has 10 heteroatoms. The van der Waals surface area contributed by atoms with Crippen LogP contribution in [0, 0.1) is 18.6 Å². The Kier molecular flexibility index (Phi) is 5.92. The second-order valence-electron chi connectivity index (χ2n) is 8.37. The third kappa shape index (κ3) is 4.33. The molecule has 4 aromatic rings. The summed E-state index contributed by atoms with van der Waals surface area (Å²) in [4.78, 5) is 27.2. The lowest BCUT2D eigenvalue weighted by atomic mass is 10.0. The van der Waals surface area contributed by atoms with Gasteiger partial charge in [0, 0.05) is 30.8 Å². The molecule has 0 unspecified atom stereocenters. The highest BCUT2D eigenvalue weighted by Crippen LogP contribution is 2.26. The van der Waals surface area contributed by atoms with Gasteiger partial charge in [-0.2, -0.15) is 4.52 Å². The minimum absolute atomic E-state index is 0.0293. The first kappa shape index (κ1) is 22.5. The maximum atomic E-state index is 14.2. The van der Waals surface area contributed by atoms with Crippen molar-refractivity contribution in [2.45, 2.75) is 45.6 Å². The highest BCUT2D eigenvalue weighted by Gasteiger charge is 2.22. The zero-order valence-electron chi connectivity index (χ0n) is 18.9. The van der Waals surface area contributed by atoms with E-state index in [1.54, 1.807) is 18.0 Å². The molecule has 172 valence electrons. The van der Waals surface area contributed by atoms with Crippen LogP contribution in [0.15, 0.2) is 30.3 Å². The van der Waals surface area contributed by atoms with Crippen LogP contribution in [0.1, 0.15) is 54.6 Å². The maximum absolute atomic E-state index is 14.2. The third-order valence-corrected chi connectivity index (χ3v) is 5.88. The van der Waals surface area contributed by atoms with Crippen LogP contribution < -0.4 is 5.73 Å². The molecule has 3 aromatic heterocycles. The molecule has 0 fully saturated rings. The number of nitrogens with zero attached hydrogens (tertiary/aromatic N) is 6. The Balaban J connectivity index is 1.52. The van der Waals surface area contributed by atoms with E-state index in [1.807, 2.05) is 32.9 Å². The van der Waals surface area contributed by atoms with Gasteiger partial charge in [-0.3, -0.25) is 4.79 Å². The Morgan fingerprint density at radius 3 is 2.64 bits per heavy atom. The van der Waals surface area contributed by atoms with Gasteiger partial charge in [-0.1, -0.05) is 13.0 Å². The molecule has 4 rings (SSSR count). The first-order valence-corrected chi connectivity index (χ1v) is 10.7. The molecular weight excluding hydrogens is 428 g/mol. The lowest BCUT2D eigenvalue weighted by Crippen LogP contribution is -2.35. The lowest BCUT2D eigenvalue weighted by Gasteiger charge is -2.25. The quantitative estimate of drug-likeness (QED) is 0.475. The molecular formula is C23H25F2N7O. The summed E-state index contributed by atoms with van der Waals surface area (Å²) in [5.74, 6) is -1.29.